The highest BCUT2D eigenvalue weighted by molar-refractivity contribution is 8.22. The van der Waals surface area contributed by atoms with Gasteiger partial charge in [-0.05, 0) is 43.2 Å². The number of aromatic amines is 1. The van der Waals surface area contributed by atoms with Crippen molar-refractivity contribution in [2.75, 3.05) is 33.0 Å². The second kappa shape index (κ2) is 11.8. The molecule has 0 radical (unpaired) electrons. The molecular formula is C25H33N3O4S2. The summed E-state index contributed by atoms with van der Waals surface area (Å²) in [5, 5.41) is 3.68. The van der Waals surface area contributed by atoms with E-state index in [-0.39, 0.29) is 42.3 Å². The highest BCUT2D eigenvalue weighted by atomic mass is 32.2. The molecule has 9 heteroatoms. The van der Waals surface area contributed by atoms with Crippen molar-refractivity contribution in [2.45, 2.75) is 33.1 Å². The Morgan fingerprint density at radius 3 is 2.71 bits per heavy atom. The molecule has 3 rings (SSSR count). The molecule has 1 aliphatic heterocycles. The molecule has 34 heavy (non-hydrogen) atoms. The summed E-state index contributed by atoms with van der Waals surface area (Å²) in [6.07, 6.45) is 3.33. The SMILES string of the molecule is COc1cccc2[nH]c(C(=O)C[C@@H](CC(C)C)C(=O)CN(C[C@@H]3CCNC3=O)C(=S)SC)cc12. The maximum atomic E-state index is 13.4. The lowest BCUT2D eigenvalue weighted by molar-refractivity contribution is -0.125. The Morgan fingerprint density at radius 2 is 2.09 bits per heavy atom. The molecule has 0 unspecified atom stereocenters. The first-order chi connectivity index (χ1) is 16.2. The fourth-order valence-corrected chi connectivity index (χ4v) is 4.96. The second-order valence-electron chi connectivity index (χ2n) is 9.15. The number of thioether (sulfide) groups is 1. The molecule has 1 fully saturated rings. The molecule has 1 aromatic heterocycles. The van der Waals surface area contributed by atoms with Crippen LogP contribution in [0.5, 0.6) is 5.75 Å². The summed E-state index contributed by atoms with van der Waals surface area (Å²) >= 11 is 6.88. The summed E-state index contributed by atoms with van der Waals surface area (Å²) in [6.45, 7) is 5.27. The van der Waals surface area contributed by atoms with Crippen LogP contribution in [0.2, 0.25) is 0 Å². The second-order valence-corrected chi connectivity index (χ2v) is 10.6. The van der Waals surface area contributed by atoms with E-state index in [4.69, 9.17) is 17.0 Å². The van der Waals surface area contributed by atoms with Gasteiger partial charge < -0.3 is 19.9 Å². The van der Waals surface area contributed by atoms with Crippen LogP contribution in [-0.2, 0) is 9.59 Å². The number of H-pyrrole nitrogens is 1. The van der Waals surface area contributed by atoms with E-state index in [0.717, 1.165) is 17.3 Å². The lowest BCUT2D eigenvalue weighted by Gasteiger charge is -2.28. The van der Waals surface area contributed by atoms with Gasteiger partial charge >= 0.3 is 0 Å². The summed E-state index contributed by atoms with van der Waals surface area (Å²) in [6, 6.07) is 7.40. The van der Waals surface area contributed by atoms with Gasteiger partial charge in [0, 0.05) is 36.3 Å². The van der Waals surface area contributed by atoms with Gasteiger partial charge in [-0.3, -0.25) is 14.4 Å². The van der Waals surface area contributed by atoms with Gasteiger partial charge in [-0.1, -0.05) is 32.1 Å². The molecule has 184 valence electrons. The molecular weight excluding hydrogens is 470 g/mol. The van der Waals surface area contributed by atoms with Crippen LogP contribution in [0.15, 0.2) is 24.3 Å². The molecule has 1 aromatic carbocycles. The Kier molecular flexibility index (Phi) is 9.13. The van der Waals surface area contributed by atoms with Crippen molar-refractivity contribution in [3.05, 3.63) is 30.0 Å². The largest absolute Gasteiger partial charge is 0.496 e. The standard InChI is InChI=1S/C25H33N3O4S2/c1-15(2)10-17(11-21(29)20-12-18-19(27-20)6-5-7-23(18)32-3)22(30)14-28(25(33)34-4)13-16-8-9-26-24(16)31/h5-7,12,15-17,27H,8-11,13-14H2,1-4H3,(H,26,31)/t16-,17+/m0/s1. The summed E-state index contributed by atoms with van der Waals surface area (Å²) < 4.78 is 5.99. The fourth-order valence-electron chi connectivity index (χ4n) is 4.42. The van der Waals surface area contributed by atoms with Gasteiger partial charge in [-0.2, -0.15) is 0 Å². The van der Waals surface area contributed by atoms with Crippen molar-refractivity contribution in [2.24, 2.45) is 17.8 Å². The van der Waals surface area contributed by atoms with E-state index in [1.54, 1.807) is 13.2 Å². The van der Waals surface area contributed by atoms with E-state index < -0.39 is 5.92 Å². The molecule has 1 saturated heterocycles. The van der Waals surface area contributed by atoms with Crippen LogP contribution in [0.3, 0.4) is 0 Å². The summed E-state index contributed by atoms with van der Waals surface area (Å²) in [7, 11) is 1.60. The zero-order chi connectivity index (χ0) is 24.8. The molecule has 7 nitrogen and oxygen atoms in total. The van der Waals surface area contributed by atoms with E-state index in [9.17, 15) is 14.4 Å². The van der Waals surface area contributed by atoms with Gasteiger partial charge in [-0.15, -0.1) is 11.8 Å². The zero-order valence-corrected chi connectivity index (χ0v) is 21.8. The van der Waals surface area contributed by atoms with Gasteiger partial charge in [0.1, 0.15) is 10.1 Å². The highest BCUT2D eigenvalue weighted by Crippen LogP contribution is 2.28. The molecule has 2 aromatic rings. The first-order valence-electron chi connectivity index (χ1n) is 11.6. The average Bonchev–Trinajstić information content (AvgIpc) is 3.43. The van der Waals surface area contributed by atoms with Gasteiger partial charge in [0.25, 0.3) is 0 Å². The van der Waals surface area contributed by atoms with Crippen LogP contribution in [0.1, 0.15) is 43.6 Å². The Morgan fingerprint density at radius 1 is 1.32 bits per heavy atom. The minimum absolute atomic E-state index is 0.00417. The average molecular weight is 504 g/mol. The van der Waals surface area contributed by atoms with E-state index in [0.29, 0.717) is 35.3 Å². The maximum Gasteiger partial charge on any atom is 0.224 e. The number of rotatable bonds is 11. The zero-order valence-electron chi connectivity index (χ0n) is 20.2. The van der Waals surface area contributed by atoms with Crippen molar-refractivity contribution in [1.82, 2.24) is 15.2 Å². The molecule has 0 saturated carbocycles. The number of Topliss-reactive ketones (excluding diaryl/α,β-unsaturated/α-hetero) is 2. The lowest BCUT2D eigenvalue weighted by Crippen LogP contribution is -2.41. The third kappa shape index (κ3) is 6.39. The van der Waals surface area contributed by atoms with E-state index >= 15 is 0 Å². The number of nitrogens with zero attached hydrogens (tertiary/aromatic N) is 1. The van der Waals surface area contributed by atoms with Crippen LogP contribution < -0.4 is 10.1 Å². The number of carbonyl (C=O) groups excluding carboxylic acids is 3. The maximum absolute atomic E-state index is 13.4. The van der Waals surface area contributed by atoms with Crippen molar-refractivity contribution in [1.29, 1.82) is 0 Å². The number of nitrogens with one attached hydrogen (secondary N) is 2. The van der Waals surface area contributed by atoms with Gasteiger partial charge in [0.05, 0.1) is 25.3 Å². The van der Waals surface area contributed by atoms with Gasteiger partial charge in [-0.25, -0.2) is 0 Å². The Bertz CT molecular complexity index is 1070. The number of thiocarbonyl (C=S) groups is 1. The molecule has 0 spiro atoms. The van der Waals surface area contributed by atoms with Crippen molar-refractivity contribution in [3.63, 3.8) is 0 Å². The van der Waals surface area contributed by atoms with Crippen molar-refractivity contribution in [3.8, 4) is 5.75 Å². The number of fused-ring (bicyclic) bond motifs is 1. The van der Waals surface area contributed by atoms with Crippen molar-refractivity contribution >= 4 is 56.7 Å². The number of hydrogen-bond donors (Lipinski definition) is 2. The first-order valence-corrected chi connectivity index (χ1v) is 13.2. The van der Waals surface area contributed by atoms with Crippen molar-refractivity contribution < 1.29 is 19.1 Å². The van der Waals surface area contributed by atoms with E-state index in [1.165, 1.54) is 11.8 Å². The van der Waals surface area contributed by atoms with Gasteiger partial charge in [0.15, 0.2) is 11.6 Å². The predicted molar refractivity (Wildman–Crippen MR) is 141 cm³/mol. The number of carbonyl (C=O) groups is 3. The quantitative estimate of drug-likeness (QED) is 0.353. The summed E-state index contributed by atoms with van der Waals surface area (Å²) in [5.41, 5.74) is 1.29. The number of aromatic nitrogens is 1. The molecule has 0 aliphatic carbocycles. The molecule has 0 bridgehead atoms. The van der Waals surface area contributed by atoms with Crippen LogP contribution in [0.25, 0.3) is 10.9 Å². The van der Waals surface area contributed by atoms with E-state index in [1.807, 2.05) is 43.2 Å². The lowest BCUT2D eigenvalue weighted by atomic mass is 9.88. The smallest absolute Gasteiger partial charge is 0.224 e. The predicted octanol–water partition coefficient (Wildman–Crippen LogP) is 4.07. The monoisotopic (exact) mass is 503 g/mol. The third-order valence-corrected chi connectivity index (χ3v) is 7.54. The van der Waals surface area contributed by atoms with Crippen LogP contribution in [0, 0.1) is 17.8 Å². The summed E-state index contributed by atoms with van der Waals surface area (Å²) in [4.78, 5) is 43.7. The van der Waals surface area contributed by atoms with Gasteiger partial charge in [0.2, 0.25) is 5.91 Å². The molecule has 2 heterocycles. The number of methoxy groups -OCH3 is 1. The molecule has 1 aliphatic rings. The third-order valence-electron chi connectivity index (χ3n) is 6.17. The number of ether oxygens (including phenoxy) is 1. The topological polar surface area (TPSA) is 91.5 Å². The normalized spacial score (nSPS) is 16.5. The minimum atomic E-state index is -0.426. The number of ketones is 2. The minimum Gasteiger partial charge on any atom is -0.496 e. The van der Waals surface area contributed by atoms with E-state index in [2.05, 4.69) is 10.3 Å². The number of benzene rings is 1. The Balaban J connectivity index is 1.75. The molecule has 1 amide bonds. The summed E-state index contributed by atoms with van der Waals surface area (Å²) in [5.74, 6) is 0.224. The van der Waals surface area contributed by atoms with Crippen LogP contribution in [-0.4, -0.2) is 64.7 Å². The fraction of sp³-hybridized carbons (Fsp3) is 0.520. The highest BCUT2D eigenvalue weighted by Gasteiger charge is 2.31. The van der Waals surface area contributed by atoms with Crippen LogP contribution in [0.4, 0.5) is 0 Å². The number of amides is 1. The Hall–Kier alpha value is -2.39. The molecule has 2 N–H and O–H groups in total. The van der Waals surface area contributed by atoms with Crippen LogP contribution >= 0.6 is 24.0 Å². The molecule has 2 atom stereocenters. The first kappa shape index (κ1) is 26.2. The number of hydrogen-bond acceptors (Lipinski definition) is 6. The Labute approximate surface area is 210 Å².